The number of carbonyl (C=O) groups is 1. The molecule has 0 saturated carbocycles. The van der Waals surface area contributed by atoms with Gasteiger partial charge in [0.05, 0.1) is 27.8 Å². The minimum absolute atomic E-state index is 0.146. The third kappa shape index (κ3) is 3.01. The van der Waals surface area contributed by atoms with Crippen LogP contribution in [0, 0.1) is 0 Å². The Morgan fingerprint density at radius 2 is 1.71 bits per heavy atom. The highest BCUT2D eigenvalue weighted by Crippen LogP contribution is 2.38. The average molecular weight is 240 g/mol. The van der Waals surface area contributed by atoms with Crippen molar-refractivity contribution in [3.63, 3.8) is 0 Å². The summed E-state index contributed by atoms with van der Waals surface area (Å²) in [7, 11) is 4.56. The molecular weight excluding hydrogens is 224 g/mol. The van der Waals surface area contributed by atoms with Crippen LogP contribution in [0.1, 0.15) is 5.56 Å². The molecule has 0 saturated heterocycles. The van der Waals surface area contributed by atoms with E-state index in [2.05, 4.69) is 5.43 Å². The molecule has 94 valence electrons. The molecule has 0 aromatic heterocycles. The fourth-order valence-electron chi connectivity index (χ4n) is 1.47. The molecular formula is C11H16N2O4. The Hall–Kier alpha value is -1.95. The van der Waals surface area contributed by atoms with Crippen LogP contribution in [-0.2, 0) is 11.2 Å². The normalized spacial score (nSPS) is 9.65. The lowest BCUT2D eigenvalue weighted by atomic mass is 10.1. The van der Waals surface area contributed by atoms with Gasteiger partial charge in [-0.1, -0.05) is 0 Å². The lowest BCUT2D eigenvalue weighted by Gasteiger charge is -2.13. The number of amides is 1. The molecule has 0 aliphatic rings. The summed E-state index contributed by atoms with van der Waals surface area (Å²) in [5.74, 6) is 6.24. The second-order valence-corrected chi connectivity index (χ2v) is 3.28. The summed E-state index contributed by atoms with van der Waals surface area (Å²) in [6.45, 7) is 0. The van der Waals surface area contributed by atoms with E-state index in [0.717, 1.165) is 5.56 Å². The lowest BCUT2D eigenvalue weighted by Crippen LogP contribution is -2.31. The Bertz CT molecular complexity index is 381. The molecule has 6 nitrogen and oxygen atoms in total. The van der Waals surface area contributed by atoms with Crippen molar-refractivity contribution in [2.75, 3.05) is 21.3 Å². The van der Waals surface area contributed by atoms with Crippen molar-refractivity contribution < 1.29 is 19.0 Å². The van der Waals surface area contributed by atoms with Gasteiger partial charge in [-0.2, -0.15) is 0 Å². The van der Waals surface area contributed by atoms with E-state index in [0.29, 0.717) is 17.2 Å². The summed E-state index contributed by atoms with van der Waals surface area (Å²) in [6.07, 6.45) is 0.146. The smallest absolute Gasteiger partial charge is 0.238 e. The van der Waals surface area contributed by atoms with E-state index in [1.54, 1.807) is 12.1 Å². The van der Waals surface area contributed by atoms with Crippen molar-refractivity contribution in [1.82, 2.24) is 5.43 Å². The minimum Gasteiger partial charge on any atom is -0.493 e. The van der Waals surface area contributed by atoms with Crippen LogP contribution in [0.4, 0.5) is 0 Å². The van der Waals surface area contributed by atoms with Crippen LogP contribution in [0.25, 0.3) is 0 Å². The summed E-state index contributed by atoms with van der Waals surface area (Å²) in [6, 6.07) is 3.41. The predicted octanol–water partition coefficient (Wildman–Crippen LogP) is 0.245. The Balaban J connectivity index is 3.13. The number of benzene rings is 1. The molecule has 1 aromatic carbocycles. The molecule has 0 bridgehead atoms. The quantitative estimate of drug-likeness (QED) is 0.438. The largest absolute Gasteiger partial charge is 0.493 e. The summed E-state index contributed by atoms with van der Waals surface area (Å²) < 4.78 is 15.5. The molecule has 0 heterocycles. The summed E-state index contributed by atoms with van der Waals surface area (Å²) in [5.41, 5.74) is 2.79. The zero-order chi connectivity index (χ0) is 12.8. The van der Waals surface area contributed by atoms with Gasteiger partial charge >= 0.3 is 0 Å². The predicted molar refractivity (Wildman–Crippen MR) is 62.1 cm³/mol. The van der Waals surface area contributed by atoms with E-state index in [4.69, 9.17) is 20.1 Å². The van der Waals surface area contributed by atoms with E-state index in [1.807, 2.05) is 0 Å². The number of nitrogens with one attached hydrogen (secondary N) is 1. The van der Waals surface area contributed by atoms with Crippen LogP contribution in [0.5, 0.6) is 17.2 Å². The van der Waals surface area contributed by atoms with Crippen LogP contribution in [-0.4, -0.2) is 27.2 Å². The monoisotopic (exact) mass is 240 g/mol. The highest BCUT2D eigenvalue weighted by Gasteiger charge is 2.14. The molecule has 0 aliphatic heterocycles. The summed E-state index contributed by atoms with van der Waals surface area (Å²) >= 11 is 0. The fraction of sp³-hybridized carbons (Fsp3) is 0.364. The molecule has 6 heteroatoms. The van der Waals surface area contributed by atoms with Crippen LogP contribution >= 0.6 is 0 Å². The number of hydrazine groups is 1. The Kier molecular flexibility index (Phi) is 4.59. The van der Waals surface area contributed by atoms with E-state index in [9.17, 15) is 4.79 Å². The molecule has 1 rings (SSSR count). The van der Waals surface area contributed by atoms with Gasteiger partial charge in [0, 0.05) is 0 Å². The molecule has 17 heavy (non-hydrogen) atoms. The molecule has 0 aliphatic carbocycles. The molecule has 1 amide bonds. The maximum atomic E-state index is 11.2. The first-order valence-corrected chi connectivity index (χ1v) is 4.94. The number of nitrogens with two attached hydrogens (primary N) is 1. The molecule has 0 unspecified atom stereocenters. The Morgan fingerprint density at radius 3 is 2.06 bits per heavy atom. The lowest BCUT2D eigenvalue weighted by molar-refractivity contribution is -0.120. The van der Waals surface area contributed by atoms with E-state index < -0.39 is 0 Å². The highest BCUT2D eigenvalue weighted by atomic mass is 16.5. The number of hydrogen-bond donors (Lipinski definition) is 2. The molecule has 3 N–H and O–H groups in total. The zero-order valence-corrected chi connectivity index (χ0v) is 10.1. The van der Waals surface area contributed by atoms with Gasteiger partial charge in [-0.25, -0.2) is 5.84 Å². The number of hydrogen-bond acceptors (Lipinski definition) is 5. The maximum Gasteiger partial charge on any atom is 0.238 e. The number of carbonyl (C=O) groups excluding carboxylic acids is 1. The molecule has 1 aromatic rings. The Morgan fingerprint density at radius 1 is 1.18 bits per heavy atom. The standard InChI is InChI=1S/C11H16N2O4/c1-15-8-4-7(6-10(14)13-12)5-9(16-2)11(8)17-3/h4-5H,6,12H2,1-3H3,(H,13,14). The van der Waals surface area contributed by atoms with Crippen molar-refractivity contribution in [3.05, 3.63) is 17.7 Å². The van der Waals surface area contributed by atoms with Gasteiger partial charge in [-0.15, -0.1) is 0 Å². The SMILES string of the molecule is COc1cc(CC(=O)NN)cc(OC)c1OC. The zero-order valence-electron chi connectivity index (χ0n) is 10.1. The van der Waals surface area contributed by atoms with Crippen LogP contribution < -0.4 is 25.5 Å². The van der Waals surface area contributed by atoms with Gasteiger partial charge < -0.3 is 14.2 Å². The highest BCUT2D eigenvalue weighted by molar-refractivity contribution is 5.78. The van der Waals surface area contributed by atoms with Crippen LogP contribution in [0.2, 0.25) is 0 Å². The number of methoxy groups -OCH3 is 3. The number of rotatable bonds is 5. The molecule has 0 fully saturated rings. The maximum absolute atomic E-state index is 11.2. The van der Waals surface area contributed by atoms with Crippen molar-refractivity contribution in [3.8, 4) is 17.2 Å². The fourth-order valence-corrected chi connectivity index (χ4v) is 1.47. The molecule has 0 atom stereocenters. The molecule has 0 radical (unpaired) electrons. The van der Waals surface area contributed by atoms with E-state index >= 15 is 0 Å². The van der Waals surface area contributed by atoms with E-state index in [-0.39, 0.29) is 12.3 Å². The third-order valence-electron chi connectivity index (χ3n) is 2.25. The second kappa shape index (κ2) is 5.95. The van der Waals surface area contributed by atoms with Gasteiger partial charge in [0.1, 0.15) is 0 Å². The van der Waals surface area contributed by atoms with Crippen molar-refractivity contribution in [1.29, 1.82) is 0 Å². The Labute approximate surface area is 99.6 Å². The number of ether oxygens (including phenoxy) is 3. The molecule has 0 spiro atoms. The first-order valence-electron chi connectivity index (χ1n) is 4.94. The third-order valence-corrected chi connectivity index (χ3v) is 2.25. The first-order chi connectivity index (χ1) is 8.15. The van der Waals surface area contributed by atoms with Gasteiger partial charge in [0.15, 0.2) is 11.5 Å². The van der Waals surface area contributed by atoms with Crippen molar-refractivity contribution in [2.24, 2.45) is 5.84 Å². The topological polar surface area (TPSA) is 82.8 Å². The van der Waals surface area contributed by atoms with E-state index in [1.165, 1.54) is 21.3 Å². The van der Waals surface area contributed by atoms with Crippen molar-refractivity contribution >= 4 is 5.91 Å². The van der Waals surface area contributed by atoms with Gasteiger partial charge in [-0.05, 0) is 17.7 Å². The summed E-state index contributed by atoms with van der Waals surface area (Å²) in [5, 5.41) is 0. The minimum atomic E-state index is -0.292. The first kappa shape index (κ1) is 13.1. The average Bonchev–Trinajstić information content (AvgIpc) is 2.37. The van der Waals surface area contributed by atoms with Crippen LogP contribution in [0.3, 0.4) is 0 Å². The van der Waals surface area contributed by atoms with Gasteiger partial charge in [-0.3, -0.25) is 10.2 Å². The van der Waals surface area contributed by atoms with Gasteiger partial charge in [0.2, 0.25) is 11.7 Å². The second-order valence-electron chi connectivity index (χ2n) is 3.28. The summed E-state index contributed by atoms with van der Waals surface area (Å²) in [4.78, 5) is 11.2. The van der Waals surface area contributed by atoms with Crippen molar-refractivity contribution in [2.45, 2.75) is 6.42 Å². The van der Waals surface area contributed by atoms with Gasteiger partial charge in [0.25, 0.3) is 0 Å². The van der Waals surface area contributed by atoms with Crippen LogP contribution in [0.15, 0.2) is 12.1 Å².